The Morgan fingerprint density at radius 3 is 0.720 bits per heavy atom. The number of para-hydroxylation sites is 3. The summed E-state index contributed by atoms with van der Waals surface area (Å²) >= 11 is 0. The Morgan fingerprint density at radius 1 is 0.107 bits per heavy atom. The van der Waals surface area contributed by atoms with Gasteiger partial charge in [0.05, 0.1) is 17.1 Å². The third-order valence-electron chi connectivity index (χ3n) is 30.1. The Labute approximate surface area is 866 Å². The molecule has 0 atom stereocenters. The summed E-state index contributed by atoms with van der Waals surface area (Å²) in [5, 5.41) is 29.0. The molecule has 0 aliphatic carbocycles. The molecule has 0 radical (unpaired) electrons. The van der Waals surface area contributed by atoms with Gasteiger partial charge in [-0.1, -0.05) is 425 Å². The molecular weight excluding hydrogens is 1820 g/mol. The van der Waals surface area contributed by atoms with Gasteiger partial charge in [-0.15, -0.1) is 0 Å². The Morgan fingerprint density at radius 2 is 0.347 bits per heavy atom. The van der Waals surface area contributed by atoms with Gasteiger partial charge in [0.2, 0.25) is 0 Å². The molecule has 27 aromatic carbocycles. The molecule has 3 aromatic heterocycles. The molecule has 0 saturated heterocycles. The minimum absolute atomic E-state index is 0.889. The monoisotopic (exact) mass is 1910 g/mol. The van der Waals surface area contributed by atoms with Crippen molar-refractivity contribution in [3.8, 4) is 66.8 Å². The zero-order valence-corrected chi connectivity index (χ0v) is 81.8. The van der Waals surface area contributed by atoms with Gasteiger partial charge in [0, 0.05) is 82.6 Å². The predicted molar refractivity (Wildman–Crippen MR) is 635 cm³/mol. The Kier molecular flexibility index (Phi) is 21.9. The van der Waals surface area contributed by atoms with Gasteiger partial charge < -0.3 is 28.0 Å². The number of benzene rings is 27. The highest BCUT2D eigenvalue weighted by molar-refractivity contribution is 6.20. The van der Waals surface area contributed by atoms with Crippen LogP contribution in [0.3, 0.4) is 0 Å². The van der Waals surface area contributed by atoms with Gasteiger partial charge in [0.1, 0.15) is 33.5 Å². The highest BCUT2D eigenvalue weighted by atomic mass is 16.3. The SMILES string of the molecule is c1cc(-c2ccc(N(c3ccc4oc5ccccc5c4c3)c3cc4ccccc4c4ccccc34)cc2)cc(-c2cccc3ccccc23)c1.c1ccc2c(-c3ccc(-c4ccc(N(c5ccc6oc7ccccc7c6c5)c5cc6ccccc6c6ccccc56)cc4)cc3)cccc2c1.c1ccc2cc(-c3ccc(-c4ccc(N(c5ccc6oc7ccccc7c6c5)c5cc6ccccc6c6ccccc56)cc4)cc3)ccc2c1. The smallest absolute Gasteiger partial charge is 0.135 e. The molecule has 6 heteroatoms. The molecule has 702 valence electrons. The first-order valence-corrected chi connectivity index (χ1v) is 51.3. The van der Waals surface area contributed by atoms with E-state index in [1.54, 1.807) is 0 Å². The maximum atomic E-state index is 6.24. The summed E-state index contributed by atoms with van der Waals surface area (Å²) in [5.41, 5.74) is 29.8. The van der Waals surface area contributed by atoms with Crippen LogP contribution in [-0.4, -0.2) is 0 Å². The largest absolute Gasteiger partial charge is 0.456 e. The molecule has 150 heavy (non-hydrogen) atoms. The number of furan rings is 3. The minimum Gasteiger partial charge on any atom is -0.456 e. The van der Waals surface area contributed by atoms with Crippen molar-refractivity contribution >= 4 is 214 Å². The quantitative estimate of drug-likeness (QED) is 0.0954. The van der Waals surface area contributed by atoms with Gasteiger partial charge in [-0.2, -0.15) is 0 Å². The normalized spacial score (nSPS) is 11.6. The number of hydrogen-bond acceptors (Lipinski definition) is 6. The van der Waals surface area contributed by atoms with E-state index in [4.69, 9.17) is 13.3 Å². The molecule has 0 spiro atoms. The molecule has 6 nitrogen and oxygen atoms in total. The average molecular weight is 1910 g/mol. The summed E-state index contributed by atoms with van der Waals surface area (Å²) in [6.07, 6.45) is 0. The molecule has 0 unspecified atom stereocenters. The Hall–Kier alpha value is -19.9. The standard InChI is InChI=1S/3C48H31NO/c1-3-16-39-33(11-1)13-10-21-40(39)35-15-9-14-34(29-35)32-23-25-37(26-24-32)49(38-27-28-48-45(31-38)44-20-7-8-22-47(44)50-48)46-30-36-12-2-4-17-41(36)42-18-5-6-19-43(42)46;1-3-13-39-34(10-1)12-9-18-40(39)35-22-20-32(21-23-35)33-24-26-37(27-25-33)49(38-28-29-48-45(31-38)44-17-7-8-19-47(44)50-48)46-30-36-11-2-4-14-41(36)42-15-5-6-16-43(42)46;1-2-10-36-29-37(22-21-32(36)9-1)35-19-17-33(18-20-35)34-23-25-39(26-24-34)49(40-27-28-48-45(31-40)44-15-7-8-16-47(44)50-48)46-30-38-11-3-4-12-41(38)42-13-5-6-14-43(42)46/h3*1-31H. The lowest BCUT2D eigenvalue weighted by molar-refractivity contribution is 0.668. The van der Waals surface area contributed by atoms with Crippen LogP contribution in [-0.2, 0) is 0 Å². The summed E-state index contributed by atoms with van der Waals surface area (Å²) in [4.78, 5) is 7.18. The van der Waals surface area contributed by atoms with Crippen molar-refractivity contribution in [3.05, 3.63) is 564 Å². The number of fused-ring (bicyclic) bond motifs is 21. The van der Waals surface area contributed by atoms with Crippen LogP contribution in [0.5, 0.6) is 0 Å². The maximum Gasteiger partial charge on any atom is 0.135 e. The van der Waals surface area contributed by atoms with Crippen LogP contribution in [0.1, 0.15) is 0 Å². The van der Waals surface area contributed by atoms with Crippen molar-refractivity contribution < 1.29 is 13.3 Å². The second-order valence-corrected chi connectivity index (χ2v) is 38.8. The van der Waals surface area contributed by atoms with Gasteiger partial charge in [-0.05, 0) is 287 Å². The summed E-state index contributed by atoms with van der Waals surface area (Å²) in [6, 6.07) is 203. The molecule has 0 aliphatic rings. The van der Waals surface area contributed by atoms with E-state index < -0.39 is 0 Å². The van der Waals surface area contributed by atoms with Crippen molar-refractivity contribution in [2.45, 2.75) is 0 Å². The van der Waals surface area contributed by atoms with E-state index in [1.165, 1.54) is 164 Å². The Bertz CT molecular complexity index is 10500. The molecule has 3 heterocycles. The van der Waals surface area contributed by atoms with E-state index in [2.05, 4.69) is 542 Å². The van der Waals surface area contributed by atoms with Crippen LogP contribution in [0.4, 0.5) is 51.2 Å². The first-order chi connectivity index (χ1) is 74.3. The fourth-order valence-corrected chi connectivity index (χ4v) is 22.8. The molecule has 0 saturated carbocycles. The summed E-state index contributed by atoms with van der Waals surface area (Å²) in [7, 11) is 0. The second-order valence-electron chi connectivity index (χ2n) is 38.8. The number of nitrogens with zero attached hydrogens (tertiary/aromatic N) is 3. The topological polar surface area (TPSA) is 49.1 Å². The minimum atomic E-state index is 0.889. The lowest BCUT2D eigenvalue weighted by Crippen LogP contribution is -2.10. The van der Waals surface area contributed by atoms with Gasteiger partial charge in [-0.3, -0.25) is 0 Å². The van der Waals surface area contributed by atoms with Crippen LogP contribution in [0, 0.1) is 0 Å². The second kappa shape index (κ2) is 37.4. The van der Waals surface area contributed by atoms with E-state index in [1.807, 2.05) is 36.4 Å². The Balaban J connectivity index is 0.000000108. The van der Waals surface area contributed by atoms with Crippen molar-refractivity contribution in [1.29, 1.82) is 0 Å². The molecule has 0 fully saturated rings. The van der Waals surface area contributed by atoms with E-state index in [0.29, 0.717) is 0 Å². The van der Waals surface area contributed by atoms with Crippen molar-refractivity contribution in [1.82, 2.24) is 0 Å². The number of hydrogen-bond donors (Lipinski definition) is 0. The predicted octanol–water partition coefficient (Wildman–Crippen LogP) is 41.5. The zero-order chi connectivity index (χ0) is 99.1. The summed E-state index contributed by atoms with van der Waals surface area (Å²) in [5.74, 6) is 0. The van der Waals surface area contributed by atoms with Crippen LogP contribution in [0.15, 0.2) is 577 Å². The molecular formula is C144H93N3O3. The van der Waals surface area contributed by atoms with E-state index >= 15 is 0 Å². The van der Waals surface area contributed by atoms with Crippen molar-refractivity contribution in [2.75, 3.05) is 14.7 Å². The number of anilines is 9. The van der Waals surface area contributed by atoms with Gasteiger partial charge in [0.15, 0.2) is 0 Å². The molecule has 0 aliphatic heterocycles. The van der Waals surface area contributed by atoms with Crippen molar-refractivity contribution in [2.24, 2.45) is 0 Å². The fourth-order valence-electron chi connectivity index (χ4n) is 22.8. The lowest BCUT2D eigenvalue weighted by Gasteiger charge is -2.28. The summed E-state index contributed by atoms with van der Waals surface area (Å²) in [6.45, 7) is 0. The maximum absolute atomic E-state index is 6.24. The van der Waals surface area contributed by atoms with E-state index in [9.17, 15) is 0 Å². The van der Waals surface area contributed by atoms with Crippen LogP contribution in [0.25, 0.3) is 230 Å². The van der Waals surface area contributed by atoms with E-state index in [0.717, 1.165) is 117 Å². The first kappa shape index (κ1) is 87.8. The zero-order valence-electron chi connectivity index (χ0n) is 81.8. The highest BCUT2D eigenvalue weighted by Crippen LogP contribution is 2.51. The van der Waals surface area contributed by atoms with Gasteiger partial charge in [0.25, 0.3) is 0 Å². The van der Waals surface area contributed by atoms with E-state index in [-0.39, 0.29) is 0 Å². The summed E-state index contributed by atoms with van der Waals surface area (Å²) < 4.78 is 18.7. The fraction of sp³-hybridized carbons (Fsp3) is 0. The van der Waals surface area contributed by atoms with Crippen LogP contribution < -0.4 is 14.7 Å². The lowest BCUT2D eigenvalue weighted by atomic mass is 9.95. The molecule has 30 aromatic rings. The van der Waals surface area contributed by atoms with Crippen LogP contribution in [0.2, 0.25) is 0 Å². The third kappa shape index (κ3) is 16.0. The third-order valence-corrected chi connectivity index (χ3v) is 30.1. The average Bonchev–Trinajstić information content (AvgIpc) is 1.12. The van der Waals surface area contributed by atoms with Gasteiger partial charge >= 0.3 is 0 Å². The molecule has 30 rings (SSSR count). The van der Waals surface area contributed by atoms with Gasteiger partial charge in [-0.25, -0.2) is 0 Å². The molecule has 0 amide bonds. The number of rotatable bonds is 15. The molecule has 0 N–H and O–H groups in total. The molecule has 0 bridgehead atoms. The highest BCUT2D eigenvalue weighted by Gasteiger charge is 2.26. The van der Waals surface area contributed by atoms with Crippen molar-refractivity contribution in [3.63, 3.8) is 0 Å². The first-order valence-electron chi connectivity index (χ1n) is 51.3. The van der Waals surface area contributed by atoms with Crippen LogP contribution >= 0.6 is 0 Å².